The van der Waals surface area contributed by atoms with E-state index in [0.717, 1.165) is 18.2 Å². The third-order valence-corrected chi connectivity index (χ3v) is 3.90. The molecule has 24 heavy (non-hydrogen) atoms. The second-order valence-electron chi connectivity index (χ2n) is 4.17. The summed E-state index contributed by atoms with van der Waals surface area (Å²) in [5.74, 6) is -0.0701. The molecule has 0 aliphatic heterocycles. The normalized spacial score (nSPS) is 10.3. The Bertz CT molecular complexity index is 933. The highest BCUT2D eigenvalue weighted by molar-refractivity contribution is 7.85. The van der Waals surface area contributed by atoms with Crippen LogP contribution in [-0.2, 0) is 20.6 Å². The van der Waals surface area contributed by atoms with E-state index in [1.165, 1.54) is 7.11 Å². The van der Waals surface area contributed by atoms with Crippen molar-refractivity contribution >= 4 is 43.6 Å². The summed E-state index contributed by atoms with van der Waals surface area (Å²) in [4.78, 5) is -0.403. The van der Waals surface area contributed by atoms with Gasteiger partial charge in [0.05, 0.1) is 12.0 Å². The van der Waals surface area contributed by atoms with Gasteiger partial charge in [0.2, 0.25) is 0 Å². The van der Waals surface area contributed by atoms with Crippen molar-refractivity contribution in [3.05, 3.63) is 47.5 Å². The fourth-order valence-electron chi connectivity index (χ4n) is 1.48. The van der Waals surface area contributed by atoms with Crippen molar-refractivity contribution in [3.8, 4) is 5.75 Å². The number of benzene rings is 2. The third kappa shape index (κ3) is 6.54. The molecule has 0 saturated heterocycles. The maximum absolute atomic E-state index is 10.8. The maximum atomic E-state index is 10.8. The molecule has 0 radical (unpaired) electrons. The minimum absolute atomic E-state index is 0.0526. The predicted molar refractivity (Wildman–Crippen MR) is 89.7 cm³/mol. The number of anilines is 1. The van der Waals surface area contributed by atoms with Crippen LogP contribution in [0.4, 0.5) is 11.4 Å². The van der Waals surface area contributed by atoms with E-state index < -0.39 is 25.5 Å². The zero-order valence-electron chi connectivity index (χ0n) is 12.2. The molecule has 0 aliphatic carbocycles. The molecule has 0 spiro atoms. The Morgan fingerprint density at radius 1 is 1.21 bits per heavy atom. The van der Waals surface area contributed by atoms with Crippen LogP contribution < -0.4 is 10.5 Å². The Hall–Kier alpha value is -2.14. The van der Waals surface area contributed by atoms with Crippen LogP contribution in [0.2, 0.25) is 5.02 Å². The molecule has 8 nitrogen and oxygen atoms in total. The van der Waals surface area contributed by atoms with Gasteiger partial charge in [0.15, 0.2) is 0 Å². The van der Waals surface area contributed by atoms with Crippen molar-refractivity contribution in [2.45, 2.75) is 4.90 Å². The molecule has 2 aromatic carbocycles. The summed E-state index contributed by atoms with van der Waals surface area (Å²) in [5, 5.41) is 0.685. The lowest BCUT2D eigenvalue weighted by Crippen LogP contribution is -1.98. The molecule has 0 bridgehead atoms. The van der Waals surface area contributed by atoms with E-state index in [9.17, 15) is 16.8 Å². The highest BCUT2D eigenvalue weighted by Crippen LogP contribution is 2.29. The highest BCUT2D eigenvalue weighted by Gasteiger charge is 2.13. The molecule has 130 valence electrons. The molecule has 0 amide bonds. The van der Waals surface area contributed by atoms with E-state index in [4.69, 9.17) is 26.6 Å². The van der Waals surface area contributed by atoms with E-state index in [-0.39, 0.29) is 11.4 Å². The van der Waals surface area contributed by atoms with Gasteiger partial charge in [0.1, 0.15) is 11.4 Å². The van der Waals surface area contributed by atoms with E-state index >= 15 is 0 Å². The average molecular weight is 393 g/mol. The van der Waals surface area contributed by atoms with Gasteiger partial charge in [-0.3, -0.25) is 4.55 Å². The van der Waals surface area contributed by atoms with Gasteiger partial charge in [-0.05, 0) is 30.3 Å². The number of nitrogen functional groups attached to an aromatic ring is 1. The molecule has 0 heterocycles. The second-order valence-corrected chi connectivity index (χ2v) is 6.65. The van der Waals surface area contributed by atoms with Gasteiger partial charge in [-0.1, -0.05) is 17.7 Å². The van der Waals surface area contributed by atoms with Crippen molar-refractivity contribution in [2.24, 2.45) is 4.36 Å². The summed E-state index contributed by atoms with van der Waals surface area (Å²) in [6.07, 6.45) is 0. The summed E-state index contributed by atoms with van der Waals surface area (Å²) in [6.45, 7) is 0. The lowest BCUT2D eigenvalue weighted by atomic mass is 10.3. The van der Waals surface area contributed by atoms with Gasteiger partial charge < -0.3 is 10.5 Å². The topological polar surface area (TPSA) is 136 Å². The fourth-order valence-corrected chi connectivity index (χ4v) is 2.49. The quantitative estimate of drug-likeness (QED) is 0.604. The Labute approximate surface area is 145 Å². The summed E-state index contributed by atoms with van der Waals surface area (Å²) in [5.41, 5.74) is 6.03. The zero-order chi connectivity index (χ0) is 18.3. The number of halogens is 1. The minimum Gasteiger partial charge on any atom is -0.494 e. The van der Waals surface area contributed by atoms with Crippen LogP contribution in [-0.4, -0.2) is 28.5 Å². The summed E-state index contributed by atoms with van der Waals surface area (Å²) < 4.78 is 58.9. The van der Waals surface area contributed by atoms with Crippen molar-refractivity contribution in [1.29, 1.82) is 0 Å². The fraction of sp³-hybridized carbons (Fsp3) is 0.0769. The molecule has 0 atom stereocenters. The number of nitrogens with two attached hydrogens (primary N) is 1. The van der Waals surface area contributed by atoms with Crippen LogP contribution in [0.5, 0.6) is 5.75 Å². The molecule has 0 aliphatic rings. The molecule has 11 heteroatoms. The molecule has 2 rings (SSSR count). The standard InChI is InChI=1S/C7H7NO6S2.C6H6ClN/c1-14-7-4-5(16(11,12)13)2-3-6(7)8-15(9)10;7-5-2-1-3-6(8)4-5/h2-4H,1H3,(H,11,12,13);1-4H,8H2. The number of nitrogens with zero attached hydrogens (tertiary/aromatic N) is 1. The molecule has 0 fully saturated rings. The first-order valence-electron chi connectivity index (χ1n) is 6.11. The van der Waals surface area contributed by atoms with E-state index in [1.807, 2.05) is 6.07 Å². The Morgan fingerprint density at radius 2 is 1.88 bits per heavy atom. The van der Waals surface area contributed by atoms with Crippen LogP contribution in [0.15, 0.2) is 51.7 Å². The minimum atomic E-state index is -4.36. The van der Waals surface area contributed by atoms with Crippen molar-refractivity contribution in [1.82, 2.24) is 0 Å². The van der Waals surface area contributed by atoms with Gasteiger partial charge in [-0.2, -0.15) is 16.8 Å². The van der Waals surface area contributed by atoms with Crippen molar-refractivity contribution < 1.29 is 26.1 Å². The molecule has 3 N–H and O–H groups in total. The average Bonchev–Trinajstić information content (AvgIpc) is 2.46. The molecule has 0 aromatic heterocycles. The number of methoxy groups -OCH3 is 1. The van der Waals surface area contributed by atoms with Crippen LogP contribution in [0.3, 0.4) is 0 Å². The third-order valence-electron chi connectivity index (χ3n) is 2.47. The Kier molecular flexibility index (Phi) is 7.17. The number of ether oxygens (including phenoxy) is 1. The maximum Gasteiger partial charge on any atom is 0.316 e. The van der Waals surface area contributed by atoms with Gasteiger partial charge in [0, 0.05) is 16.8 Å². The number of hydrogen-bond donors (Lipinski definition) is 2. The predicted octanol–water partition coefficient (Wildman–Crippen LogP) is 2.56. The second kappa shape index (κ2) is 8.64. The first-order valence-corrected chi connectivity index (χ1v) is 8.96. The Balaban J connectivity index is 0.000000300. The molecular weight excluding hydrogens is 380 g/mol. The summed E-state index contributed by atoms with van der Waals surface area (Å²) in [6, 6.07) is 10.2. The van der Waals surface area contributed by atoms with Gasteiger partial charge >= 0.3 is 10.5 Å². The highest BCUT2D eigenvalue weighted by atomic mass is 35.5. The van der Waals surface area contributed by atoms with Crippen molar-refractivity contribution in [2.75, 3.05) is 12.8 Å². The number of hydrogen-bond acceptors (Lipinski definition) is 7. The summed E-state index contributed by atoms with van der Waals surface area (Å²) in [7, 11) is -5.81. The van der Waals surface area contributed by atoms with Crippen LogP contribution in [0, 0.1) is 0 Å². The molecule has 0 saturated carbocycles. The molecule has 0 unspecified atom stereocenters. The van der Waals surface area contributed by atoms with E-state index in [2.05, 4.69) is 4.36 Å². The molecule has 2 aromatic rings. The largest absolute Gasteiger partial charge is 0.494 e. The first kappa shape index (κ1) is 19.9. The lowest BCUT2D eigenvalue weighted by Gasteiger charge is -2.04. The van der Waals surface area contributed by atoms with Gasteiger partial charge in [-0.25, -0.2) is 0 Å². The molecular formula is C13H13ClN2O6S2. The zero-order valence-corrected chi connectivity index (χ0v) is 14.6. The van der Waals surface area contributed by atoms with Crippen molar-refractivity contribution in [3.63, 3.8) is 0 Å². The number of rotatable bonds is 3. The van der Waals surface area contributed by atoms with Gasteiger partial charge in [-0.15, -0.1) is 4.36 Å². The van der Waals surface area contributed by atoms with Gasteiger partial charge in [0.25, 0.3) is 10.1 Å². The smallest absolute Gasteiger partial charge is 0.316 e. The van der Waals surface area contributed by atoms with Crippen LogP contribution in [0.1, 0.15) is 0 Å². The monoisotopic (exact) mass is 392 g/mol. The lowest BCUT2D eigenvalue weighted by molar-refractivity contribution is 0.414. The SMILES string of the molecule is COc1cc(S(=O)(=O)O)ccc1N=S(=O)=O.Nc1cccc(Cl)c1. The summed E-state index contributed by atoms with van der Waals surface area (Å²) >= 11 is 5.56. The van der Waals surface area contributed by atoms with Crippen LogP contribution >= 0.6 is 11.6 Å². The van der Waals surface area contributed by atoms with E-state index in [1.54, 1.807) is 18.2 Å². The first-order chi connectivity index (χ1) is 11.1. The van der Waals surface area contributed by atoms with Crippen LogP contribution in [0.25, 0.3) is 0 Å². The Morgan fingerprint density at radius 3 is 2.29 bits per heavy atom. The van der Waals surface area contributed by atoms with E-state index in [0.29, 0.717) is 10.7 Å².